The highest BCUT2D eigenvalue weighted by Gasteiger charge is 2.50. The van der Waals surface area contributed by atoms with Gasteiger partial charge in [-0.15, -0.1) is 12.3 Å². The molecule has 2 amide bonds. The first-order valence-corrected chi connectivity index (χ1v) is 13.4. The number of carbonyl (C=O) groups excluding carboxylic acids is 2. The molecule has 41 heavy (non-hydrogen) atoms. The fourth-order valence-electron chi connectivity index (χ4n) is 4.13. The van der Waals surface area contributed by atoms with Crippen LogP contribution in [0.5, 0.6) is 0 Å². The summed E-state index contributed by atoms with van der Waals surface area (Å²) in [5, 5.41) is 57.4. The van der Waals surface area contributed by atoms with Crippen molar-refractivity contribution in [3.05, 3.63) is 0 Å². The number of aliphatic hydroxyl groups is 5. The average molecular weight is 593 g/mol. The summed E-state index contributed by atoms with van der Waals surface area (Å²) in [5.74, 6) is 1.97. The third kappa shape index (κ3) is 10.3. The summed E-state index contributed by atoms with van der Waals surface area (Å²) in [4.78, 5) is 24.8. The van der Waals surface area contributed by atoms with Gasteiger partial charge in [0, 0.05) is 20.1 Å². The lowest BCUT2D eigenvalue weighted by Crippen LogP contribution is -2.63. The number of alkyl carbamates (subject to hydrolysis) is 1. The molecule has 2 saturated heterocycles. The summed E-state index contributed by atoms with van der Waals surface area (Å²) in [5.41, 5.74) is -0.825. The van der Waals surface area contributed by atoms with E-state index in [9.17, 15) is 35.1 Å². The number of ether oxygens (including phenoxy) is 6. The Morgan fingerprint density at radius 1 is 0.951 bits per heavy atom. The van der Waals surface area contributed by atoms with Gasteiger partial charge in [-0.1, -0.05) is 0 Å². The van der Waals surface area contributed by atoms with Crippen molar-refractivity contribution in [3.8, 4) is 12.3 Å². The molecule has 0 aromatic rings. The van der Waals surface area contributed by atoms with Crippen molar-refractivity contribution in [2.45, 2.75) is 114 Å². The zero-order valence-corrected chi connectivity index (χ0v) is 24.0. The summed E-state index contributed by atoms with van der Waals surface area (Å²) in [6, 6.07) is -1.00. The minimum atomic E-state index is -1.66. The van der Waals surface area contributed by atoms with Gasteiger partial charge < -0.3 is 64.6 Å². The van der Waals surface area contributed by atoms with E-state index in [1.54, 1.807) is 20.8 Å². The highest BCUT2D eigenvalue weighted by Crippen LogP contribution is 2.29. The first-order valence-electron chi connectivity index (χ1n) is 13.4. The Balaban J connectivity index is 2.09. The van der Waals surface area contributed by atoms with Crippen LogP contribution in [0, 0.1) is 12.3 Å². The van der Waals surface area contributed by atoms with E-state index in [-0.39, 0.29) is 6.61 Å². The molecule has 2 heterocycles. The second kappa shape index (κ2) is 15.9. The SMILES string of the molecule is C#CCCCNC(=O)[C@H](C)NC(=O)OC1C(O)[C@@H](OC(C)(C)C)OC(CO[C@@H]2OC(COC)[C@@H](O)C(O)C2O)[C@H]1O. The zero-order valence-electron chi connectivity index (χ0n) is 24.0. The van der Waals surface area contributed by atoms with E-state index >= 15 is 0 Å². The van der Waals surface area contributed by atoms with Gasteiger partial charge in [-0.05, 0) is 34.1 Å². The van der Waals surface area contributed by atoms with E-state index in [0.29, 0.717) is 19.4 Å². The number of terminal acetylenes is 1. The van der Waals surface area contributed by atoms with Gasteiger partial charge >= 0.3 is 6.09 Å². The number of hydrogen-bond acceptors (Lipinski definition) is 13. The van der Waals surface area contributed by atoms with Crippen LogP contribution in [0.1, 0.15) is 40.5 Å². The zero-order chi connectivity index (χ0) is 30.9. The second-order valence-electron chi connectivity index (χ2n) is 10.9. The number of nitrogens with one attached hydrogen (secondary N) is 2. The standard InChI is InChI=1S/C26H44N2O13/c1-7-8-9-10-27-22(34)13(2)28-25(35)40-21-17(30)15(39-24(20(21)33)41-26(3,4)5)12-37-23-19(32)18(31)16(29)14(38-23)11-36-6/h1,13-21,23-24,29-33H,8-12H2,2-6H3,(H,27,34)(H,28,35)/t13-,14?,15?,16+,17+,18?,19?,20?,21?,23+,24+/m0/s1. The lowest BCUT2D eigenvalue weighted by Gasteiger charge is -2.44. The second-order valence-corrected chi connectivity index (χ2v) is 10.9. The molecule has 11 atom stereocenters. The van der Waals surface area contributed by atoms with E-state index in [2.05, 4.69) is 16.6 Å². The van der Waals surface area contributed by atoms with E-state index < -0.39 is 91.7 Å². The maximum absolute atomic E-state index is 12.6. The molecular formula is C26H44N2O13. The summed E-state index contributed by atoms with van der Waals surface area (Å²) in [6.45, 7) is 6.25. The molecule has 2 fully saturated rings. The van der Waals surface area contributed by atoms with E-state index in [1.165, 1.54) is 14.0 Å². The molecule has 2 rings (SSSR count). The quantitative estimate of drug-likeness (QED) is 0.0942. The van der Waals surface area contributed by atoms with Crippen LogP contribution < -0.4 is 10.6 Å². The van der Waals surface area contributed by atoms with Gasteiger partial charge in [0.05, 0.1) is 18.8 Å². The lowest BCUT2D eigenvalue weighted by molar-refractivity contribution is -0.340. The molecule has 15 heteroatoms. The van der Waals surface area contributed by atoms with E-state index in [1.807, 2.05) is 0 Å². The van der Waals surface area contributed by atoms with Crippen molar-refractivity contribution in [2.75, 3.05) is 26.9 Å². The lowest BCUT2D eigenvalue weighted by atomic mass is 9.98. The minimum absolute atomic E-state index is 0.104. The number of amides is 2. The normalized spacial score (nSPS) is 34.8. The predicted octanol–water partition coefficient (Wildman–Crippen LogP) is -2.27. The number of carbonyl (C=O) groups is 2. The molecule has 0 aromatic heterocycles. The van der Waals surface area contributed by atoms with Crippen LogP contribution in [0.25, 0.3) is 0 Å². The monoisotopic (exact) mass is 592 g/mol. The molecule has 0 spiro atoms. The third-order valence-electron chi connectivity index (χ3n) is 6.30. The van der Waals surface area contributed by atoms with Gasteiger partial charge in [0.15, 0.2) is 18.7 Å². The first kappa shape index (κ1) is 35.1. The van der Waals surface area contributed by atoms with Gasteiger partial charge in [0.1, 0.15) is 48.8 Å². The Bertz CT molecular complexity index is 878. The molecule has 2 aliphatic heterocycles. The van der Waals surface area contributed by atoms with Crippen molar-refractivity contribution in [3.63, 3.8) is 0 Å². The molecule has 0 radical (unpaired) electrons. The fourth-order valence-corrected chi connectivity index (χ4v) is 4.13. The number of rotatable bonds is 12. The molecule has 7 N–H and O–H groups in total. The highest BCUT2D eigenvalue weighted by molar-refractivity contribution is 5.85. The molecule has 0 aromatic carbocycles. The van der Waals surface area contributed by atoms with E-state index in [0.717, 1.165) is 0 Å². The topological polar surface area (TPSA) is 215 Å². The van der Waals surface area contributed by atoms with Crippen LogP contribution in [-0.2, 0) is 33.2 Å². The van der Waals surface area contributed by atoms with Crippen molar-refractivity contribution in [2.24, 2.45) is 0 Å². The van der Waals surface area contributed by atoms with Crippen LogP contribution >= 0.6 is 0 Å². The van der Waals surface area contributed by atoms with Crippen LogP contribution in [0.15, 0.2) is 0 Å². The molecular weight excluding hydrogens is 548 g/mol. The number of aliphatic hydroxyl groups excluding tert-OH is 5. The molecule has 0 aliphatic carbocycles. The maximum Gasteiger partial charge on any atom is 0.408 e. The van der Waals surface area contributed by atoms with Crippen molar-refractivity contribution >= 4 is 12.0 Å². The average Bonchev–Trinajstić information content (AvgIpc) is 2.90. The van der Waals surface area contributed by atoms with Gasteiger partial charge in [-0.25, -0.2) is 4.79 Å². The summed E-state index contributed by atoms with van der Waals surface area (Å²) >= 11 is 0. The Kier molecular flexibility index (Phi) is 13.6. The number of unbranched alkanes of at least 4 members (excludes halogenated alkanes) is 1. The summed E-state index contributed by atoms with van der Waals surface area (Å²) in [7, 11) is 1.36. The van der Waals surface area contributed by atoms with Crippen molar-refractivity contribution in [1.82, 2.24) is 10.6 Å². The van der Waals surface area contributed by atoms with Crippen molar-refractivity contribution < 1.29 is 63.5 Å². The third-order valence-corrected chi connectivity index (χ3v) is 6.30. The predicted molar refractivity (Wildman–Crippen MR) is 140 cm³/mol. The summed E-state index contributed by atoms with van der Waals surface area (Å²) in [6.07, 6.45) is -9.57. The summed E-state index contributed by atoms with van der Waals surface area (Å²) < 4.78 is 32.8. The van der Waals surface area contributed by atoms with Gasteiger partial charge in [0.2, 0.25) is 5.91 Å². The minimum Gasteiger partial charge on any atom is -0.440 e. The Labute approximate surface area is 239 Å². The molecule has 15 nitrogen and oxygen atoms in total. The smallest absolute Gasteiger partial charge is 0.408 e. The van der Waals surface area contributed by atoms with E-state index in [4.69, 9.17) is 34.8 Å². The highest BCUT2D eigenvalue weighted by atomic mass is 16.7. The molecule has 2 aliphatic rings. The van der Waals surface area contributed by atoms with Gasteiger partial charge in [0.25, 0.3) is 0 Å². The maximum atomic E-state index is 12.6. The van der Waals surface area contributed by atoms with Crippen LogP contribution in [0.2, 0.25) is 0 Å². The van der Waals surface area contributed by atoms with Gasteiger partial charge in [-0.2, -0.15) is 0 Å². The molecule has 0 saturated carbocycles. The number of methoxy groups -OCH3 is 1. The Hall–Kier alpha value is -2.10. The van der Waals surface area contributed by atoms with Crippen LogP contribution in [-0.4, -0.2) is 137 Å². The molecule has 236 valence electrons. The first-order chi connectivity index (χ1) is 19.2. The Morgan fingerprint density at radius 3 is 2.20 bits per heavy atom. The Morgan fingerprint density at radius 2 is 1.59 bits per heavy atom. The van der Waals surface area contributed by atoms with Gasteiger partial charge in [-0.3, -0.25) is 4.79 Å². The largest absolute Gasteiger partial charge is 0.440 e. The fraction of sp³-hybridized carbons (Fsp3) is 0.846. The molecule has 0 bridgehead atoms. The molecule has 6 unspecified atom stereocenters. The van der Waals surface area contributed by atoms with Crippen molar-refractivity contribution in [1.29, 1.82) is 0 Å². The number of hydrogen-bond donors (Lipinski definition) is 7. The van der Waals surface area contributed by atoms with Crippen LogP contribution in [0.3, 0.4) is 0 Å². The van der Waals surface area contributed by atoms with Crippen LogP contribution in [0.4, 0.5) is 4.79 Å².